The molecule has 1 fully saturated rings. The fraction of sp³-hybridized carbons (Fsp3) is 0.389. The van der Waals surface area contributed by atoms with Gasteiger partial charge >= 0.3 is 0 Å². The Bertz CT molecular complexity index is 728. The van der Waals surface area contributed by atoms with Crippen molar-refractivity contribution in [3.05, 3.63) is 48.2 Å². The van der Waals surface area contributed by atoms with Gasteiger partial charge < -0.3 is 15.2 Å². The third-order valence-corrected chi connectivity index (χ3v) is 4.52. The van der Waals surface area contributed by atoms with E-state index in [1.54, 1.807) is 11.2 Å². The number of hydrogen-bond donors (Lipinski definition) is 1. The number of rotatable bonds is 5. The molecule has 0 aliphatic carbocycles. The zero-order chi connectivity index (χ0) is 17.1. The Morgan fingerprint density at radius 1 is 1.20 bits per heavy atom. The Morgan fingerprint density at radius 3 is 2.96 bits per heavy atom. The number of hydrogen-bond acceptors (Lipinski definition) is 7. The normalized spacial score (nSPS) is 27.8. The van der Waals surface area contributed by atoms with Gasteiger partial charge in [0, 0.05) is 6.20 Å². The van der Waals surface area contributed by atoms with Crippen LogP contribution in [0.3, 0.4) is 0 Å². The average molecular weight is 339 g/mol. The van der Waals surface area contributed by atoms with Crippen molar-refractivity contribution >= 4 is 18.0 Å². The minimum absolute atomic E-state index is 0.0167. The van der Waals surface area contributed by atoms with Gasteiger partial charge in [-0.3, -0.25) is 0 Å². The number of nitrogens with two attached hydrogens (primary N) is 1. The van der Waals surface area contributed by atoms with Crippen molar-refractivity contribution in [2.75, 3.05) is 6.61 Å². The molecule has 3 heterocycles. The molecule has 0 saturated carbocycles. The van der Waals surface area contributed by atoms with E-state index in [1.807, 2.05) is 24.3 Å². The van der Waals surface area contributed by atoms with Crippen LogP contribution >= 0.6 is 0 Å². The number of benzene rings is 1. The second-order valence-corrected chi connectivity index (χ2v) is 6.25. The number of nitrogens with zero attached hydrogens (tertiary/aromatic N) is 4. The van der Waals surface area contributed by atoms with Crippen LogP contribution in [0.15, 0.2) is 57.7 Å². The SMILES string of the molecule is NC1=NC=NN2C1=NC=CC2[C@H]1CC[C@@H](COCc2ccccc2)O1. The number of ether oxygens (including phenoxy) is 2. The van der Waals surface area contributed by atoms with E-state index in [0.29, 0.717) is 24.9 Å². The summed E-state index contributed by atoms with van der Waals surface area (Å²) in [6.45, 7) is 1.20. The van der Waals surface area contributed by atoms with Crippen molar-refractivity contribution in [2.45, 2.75) is 37.7 Å². The van der Waals surface area contributed by atoms with Gasteiger partial charge in [-0.15, -0.1) is 0 Å². The predicted octanol–water partition coefficient (Wildman–Crippen LogP) is 1.66. The molecule has 7 heteroatoms. The van der Waals surface area contributed by atoms with Crippen molar-refractivity contribution in [1.82, 2.24) is 5.01 Å². The second kappa shape index (κ2) is 7.16. The van der Waals surface area contributed by atoms with Crippen LogP contribution in [0.1, 0.15) is 18.4 Å². The lowest BCUT2D eigenvalue weighted by atomic mass is 10.1. The van der Waals surface area contributed by atoms with Crippen LogP contribution in [-0.4, -0.2) is 47.9 Å². The van der Waals surface area contributed by atoms with Gasteiger partial charge in [0.1, 0.15) is 12.4 Å². The number of fused-ring (bicyclic) bond motifs is 1. The molecular weight excluding hydrogens is 318 g/mol. The number of hydrazone groups is 1. The summed E-state index contributed by atoms with van der Waals surface area (Å²) in [7, 11) is 0. The molecule has 4 rings (SSSR count). The monoisotopic (exact) mass is 339 g/mol. The molecule has 7 nitrogen and oxygen atoms in total. The van der Waals surface area contributed by atoms with Gasteiger partial charge in [0.25, 0.3) is 0 Å². The fourth-order valence-corrected chi connectivity index (χ4v) is 3.27. The maximum Gasteiger partial charge on any atom is 0.192 e. The Balaban J connectivity index is 1.31. The third-order valence-electron chi connectivity index (χ3n) is 4.52. The van der Waals surface area contributed by atoms with Crippen LogP contribution in [-0.2, 0) is 16.1 Å². The van der Waals surface area contributed by atoms with Crippen LogP contribution in [0.25, 0.3) is 0 Å². The first-order chi connectivity index (χ1) is 12.3. The first kappa shape index (κ1) is 16.0. The Labute approximate surface area is 146 Å². The summed E-state index contributed by atoms with van der Waals surface area (Å²) in [5.41, 5.74) is 7.06. The molecule has 1 aromatic rings. The lowest BCUT2D eigenvalue weighted by Gasteiger charge is -2.34. The van der Waals surface area contributed by atoms with E-state index in [4.69, 9.17) is 15.2 Å². The van der Waals surface area contributed by atoms with Gasteiger partial charge in [0.2, 0.25) is 0 Å². The van der Waals surface area contributed by atoms with Gasteiger partial charge in [-0.25, -0.2) is 15.0 Å². The molecule has 1 aromatic carbocycles. The summed E-state index contributed by atoms with van der Waals surface area (Å²) in [6, 6.07) is 10.1. The van der Waals surface area contributed by atoms with Crippen LogP contribution in [0.4, 0.5) is 0 Å². The van der Waals surface area contributed by atoms with E-state index < -0.39 is 0 Å². The highest BCUT2D eigenvalue weighted by molar-refractivity contribution is 6.41. The fourth-order valence-electron chi connectivity index (χ4n) is 3.27. The third kappa shape index (κ3) is 3.47. The molecule has 2 N–H and O–H groups in total. The summed E-state index contributed by atoms with van der Waals surface area (Å²) >= 11 is 0. The quantitative estimate of drug-likeness (QED) is 0.884. The van der Waals surface area contributed by atoms with Crippen molar-refractivity contribution in [3.63, 3.8) is 0 Å². The summed E-state index contributed by atoms with van der Waals surface area (Å²) in [5.74, 6) is 0.965. The standard InChI is InChI=1S/C18H21N5O2/c19-17-18-20-9-8-15(23(18)22-12-21-17)16-7-6-14(25-16)11-24-10-13-4-2-1-3-5-13/h1-5,8-9,12,14-16H,6-7,10-11H2,(H2,19,21,22)/t14-,15?,16+/m0/s1. The van der Waals surface area contributed by atoms with E-state index in [1.165, 1.54) is 11.9 Å². The molecular formula is C18H21N5O2. The highest BCUT2D eigenvalue weighted by atomic mass is 16.5. The zero-order valence-electron chi connectivity index (χ0n) is 13.9. The van der Waals surface area contributed by atoms with E-state index in [2.05, 4.69) is 27.2 Å². The molecule has 1 unspecified atom stereocenters. The summed E-state index contributed by atoms with van der Waals surface area (Å²) in [6.07, 6.45) is 7.26. The molecule has 0 amide bonds. The Hall–Kier alpha value is -2.51. The van der Waals surface area contributed by atoms with E-state index in [0.717, 1.165) is 12.8 Å². The second-order valence-electron chi connectivity index (χ2n) is 6.25. The molecule has 130 valence electrons. The van der Waals surface area contributed by atoms with Gasteiger partial charge in [-0.1, -0.05) is 30.3 Å². The largest absolute Gasteiger partial charge is 0.381 e. The maximum absolute atomic E-state index is 6.20. The van der Waals surface area contributed by atoms with Crippen molar-refractivity contribution < 1.29 is 9.47 Å². The van der Waals surface area contributed by atoms with Gasteiger partial charge in [-0.05, 0) is 24.5 Å². The highest BCUT2D eigenvalue weighted by Gasteiger charge is 2.37. The summed E-state index contributed by atoms with van der Waals surface area (Å²) in [4.78, 5) is 8.26. The van der Waals surface area contributed by atoms with Crippen LogP contribution in [0, 0.1) is 0 Å². The summed E-state index contributed by atoms with van der Waals surface area (Å²) < 4.78 is 12.0. The first-order valence-electron chi connectivity index (χ1n) is 8.48. The van der Waals surface area contributed by atoms with E-state index in [-0.39, 0.29) is 18.2 Å². The lowest BCUT2D eigenvalue weighted by Crippen LogP contribution is -2.50. The summed E-state index contributed by atoms with van der Waals surface area (Å²) in [5, 5.41) is 6.09. The van der Waals surface area contributed by atoms with Gasteiger partial charge in [0.15, 0.2) is 11.7 Å². The maximum atomic E-state index is 6.20. The van der Waals surface area contributed by atoms with Crippen molar-refractivity contribution in [3.8, 4) is 0 Å². The smallest absolute Gasteiger partial charge is 0.192 e. The first-order valence-corrected chi connectivity index (χ1v) is 8.48. The van der Waals surface area contributed by atoms with Crippen molar-refractivity contribution in [1.29, 1.82) is 0 Å². The molecule has 0 bridgehead atoms. The Kier molecular flexibility index (Phi) is 4.58. The Morgan fingerprint density at radius 2 is 2.08 bits per heavy atom. The zero-order valence-corrected chi connectivity index (χ0v) is 13.9. The topological polar surface area (TPSA) is 84.8 Å². The van der Waals surface area contributed by atoms with Gasteiger partial charge in [-0.2, -0.15) is 5.10 Å². The molecule has 3 aliphatic heterocycles. The molecule has 0 radical (unpaired) electrons. The molecule has 1 saturated heterocycles. The predicted molar refractivity (Wildman–Crippen MR) is 96.3 cm³/mol. The average Bonchev–Trinajstić information content (AvgIpc) is 3.11. The highest BCUT2D eigenvalue weighted by Crippen LogP contribution is 2.28. The number of amidine groups is 2. The van der Waals surface area contributed by atoms with Crippen molar-refractivity contribution in [2.24, 2.45) is 20.8 Å². The molecule has 25 heavy (non-hydrogen) atoms. The molecule has 3 aliphatic rings. The van der Waals surface area contributed by atoms with E-state index in [9.17, 15) is 0 Å². The van der Waals surface area contributed by atoms with E-state index >= 15 is 0 Å². The van der Waals surface area contributed by atoms with Crippen LogP contribution in [0.5, 0.6) is 0 Å². The molecule has 0 aromatic heterocycles. The minimum Gasteiger partial charge on any atom is -0.381 e. The molecule has 0 spiro atoms. The number of aliphatic imine (C=N–C) groups is 2. The molecule has 3 atom stereocenters. The lowest BCUT2D eigenvalue weighted by molar-refractivity contribution is -0.0339. The van der Waals surface area contributed by atoms with Crippen LogP contribution in [0.2, 0.25) is 0 Å². The minimum atomic E-state index is -0.0167. The van der Waals surface area contributed by atoms with Crippen LogP contribution < -0.4 is 5.73 Å². The van der Waals surface area contributed by atoms with Gasteiger partial charge in [0.05, 0.1) is 25.4 Å².